The van der Waals surface area contributed by atoms with E-state index in [2.05, 4.69) is 10.2 Å². The fourth-order valence-electron chi connectivity index (χ4n) is 5.07. The Morgan fingerprint density at radius 3 is 2.60 bits per heavy atom. The Labute approximate surface area is 205 Å². The average Bonchev–Trinajstić information content (AvgIpc) is 2.87. The van der Waals surface area contributed by atoms with Gasteiger partial charge in [0.25, 0.3) is 5.91 Å². The van der Waals surface area contributed by atoms with Gasteiger partial charge in [-0.3, -0.25) is 14.5 Å². The van der Waals surface area contributed by atoms with E-state index in [1.165, 1.54) is 25.3 Å². The molecule has 3 aromatic rings. The molecule has 2 heterocycles. The van der Waals surface area contributed by atoms with Crippen LogP contribution in [0.1, 0.15) is 47.2 Å². The van der Waals surface area contributed by atoms with Gasteiger partial charge in [-0.15, -0.1) is 0 Å². The van der Waals surface area contributed by atoms with E-state index in [0.29, 0.717) is 24.1 Å². The number of likely N-dealkylation sites (tertiary alicyclic amines) is 1. The lowest BCUT2D eigenvalue weighted by molar-refractivity contribution is -0.118. The van der Waals surface area contributed by atoms with Crippen LogP contribution >= 0.6 is 0 Å². The molecule has 35 heavy (non-hydrogen) atoms. The number of carbonyl (C=O) groups is 2. The second-order valence-electron chi connectivity index (χ2n) is 9.47. The lowest BCUT2D eigenvalue weighted by Gasteiger charge is -2.27. The topological polar surface area (TPSA) is 52.7 Å². The molecule has 0 bridgehead atoms. The zero-order valence-corrected chi connectivity index (χ0v) is 20.0. The van der Waals surface area contributed by atoms with Crippen molar-refractivity contribution in [2.45, 2.75) is 38.6 Å². The molecule has 1 fully saturated rings. The van der Waals surface area contributed by atoms with Crippen molar-refractivity contribution in [1.82, 2.24) is 4.90 Å². The maximum absolute atomic E-state index is 14.0. The molecule has 2 aliphatic heterocycles. The molecule has 0 atom stereocenters. The smallest absolute Gasteiger partial charge is 0.255 e. The van der Waals surface area contributed by atoms with E-state index in [0.717, 1.165) is 47.6 Å². The fourth-order valence-corrected chi connectivity index (χ4v) is 5.07. The number of piperidine rings is 1. The molecule has 5 rings (SSSR count). The highest BCUT2D eigenvalue weighted by atomic mass is 19.1. The normalized spacial score (nSPS) is 16.2. The number of anilines is 2. The third-order valence-corrected chi connectivity index (χ3v) is 7.03. The Balaban J connectivity index is 1.43. The number of carbonyl (C=O) groups excluding carboxylic acids is 2. The van der Waals surface area contributed by atoms with Gasteiger partial charge in [0.1, 0.15) is 5.82 Å². The monoisotopic (exact) mass is 471 g/mol. The number of nitrogens with zero attached hydrogens (tertiary/aromatic N) is 2. The first-order valence-electron chi connectivity index (χ1n) is 12.3. The van der Waals surface area contributed by atoms with E-state index < -0.39 is 0 Å². The highest BCUT2D eigenvalue weighted by Gasteiger charge is 2.22. The second-order valence-corrected chi connectivity index (χ2v) is 9.47. The minimum Gasteiger partial charge on any atom is -0.322 e. The van der Waals surface area contributed by atoms with E-state index in [1.807, 2.05) is 36.4 Å². The summed E-state index contributed by atoms with van der Waals surface area (Å²) in [5.74, 6) is -0.402. The van der Waals surface area contributed by atoms with Crippen molar-refractivity contribution in [2.24, 2.45) is 0 Å². The van der Waals surface area contributed by atoms with Crippen LogP contribution in [0.2, 0.25) is 0 Å². The first-order chi connectivity index (χ1) is 17.0. The van der Waals surface area contributed by atoms with Gasteiger partial charge in [0.05, 0.1) is 0 Å². The van der Waals surface area contributed by atoms with E-state index in [4.69, 9.17) is 0 Å². The van der Waals surface area contributed by atoms with E-state index in [1.54, 1.807) is 30.1 Å². The molecule has 0 aromatic heterocycles. The minimum absolute atomic E-state index is 0.0799. The SMILES string of the molecule is CN1C(=O)CCc2ccc(NC(=O)c3ccc(-c4cccc(F)c4)c(CN4CCCCC4)c3)cc21. The molecule has 3 aromatic carbocycles. The number of hydrogen-bond acceptors (Lipinski definition) is 3. The summed E-state index contributed by atoms with van der Waals surface area (Å²) >= 11 is 0. The van der Waals surface area contributed by atoms with Gasteiger partial charge in [0.2, 0.25) is 5.91 Å². The Kier molecular flexibility index (Phi) is 6.64. The van der Waals surface area contributed by atoms with Gasteiger partial charge in [0, 0.05) is 37.0 Å². The number of hydrogen-bond donors (Lipinski definition) is 1. The van der Waals surface area contributed by atoms with Crippen LogP contribution in [0.4, 0.5) is 15.8 Å². The molecule has 2 aliphatic rings. The van der Waals surface area contributed by atoms with Gasteiger partial charge in [0.15, 0.2) is 0 Å². The van der Waals surface area contributed by atoms with Crippen molar-refractivity contribution in [2.75, 3.05) is 30.4 Å². The van der Waals surface area contributed by atoms with Gasteiger partial charge in [-0.05, 0) is 91.0 Å². The molecule has 180 valence electrons. The van der Waals surface area contributed by atoms with Gasteiger partial charge in [-0.1, -0.05) is 30.7 Å². The molecule has 0 saturated carbocycles. The summed E-state index contributed by atoms with van der Waals surface area (Å²) in [6.45, 7) is 2.78. The molecule has 2 amide bonds. The van der Waals surface area contributed by atoms with Crippen LogP contribution in [0.5, 0.6) is 0 Å². The van der Waals surface area contributed by atoms with Crippen LogP contribution in [0.15, 0.2) is 60.7 Å². The Bertz CT molecular complexity index is 1270. The zero-order chi connectivity index (χ0) is 24.4. The third kappa shape index (κ3) is 5.13. The lowest BCUT2D eigenvalue weighted by Crippen LogP contribution is -2.31. The number of rotatable bonds is 5. The van der Waals surface area contributed by atoms with Crippen molar-refractivity contribution in [1.29, 1.82) is 0 Å². The summed E-state index contributed by atoms with van der Waals surface area (Å²) in [5.41, 5.74) is 5.92. The highest BCUT2D eigenvalue weighted by Crippen LogP contribution is 2.31. The molecule has 0 unspecified atom stereocenters. The number of amides is 2. The van der Waals surface area contributed by atoms with Crippen molar-refractivity contribution in [3.05, 3.63) is 83.2 Å². The molecular formula is C29H30FN3O2. The molecular weight excluding hydrogens is 441 g/mol. The largest absolute Gasteiger partial charge is 0.322 e. The number of halogens is 1. The van der Waals surface area contributed by atoms with Crippen LogP contribution < -0.4 is 10.2 Å². The summed E-state index contributed by atoms with van der Waals surface area (Å²) < 4.78 is 14.0. The summed E-state index contributed by atoms with van der Waals surface area (Å²) in [5, 5.41) is 2.99. The predicted octanol–water partition coefficient (Wildman–Crippen LogP) is 5.64. The zero-order valence-electron chi connectivity index (χ0n) is 20.0. The number of aryl methyl sites for hydroxylation is 1. The van der Waals surface area contributed by atoms with E-state index in [-0.39, 0.29) is 17.6 Å². The maximum Gasteiger partial charge on any atom is 0.255 e. The molecule has 0 radical (unpaired) electrons. The lowest BCUT2D eigenvalue weighted by atomic mass is 9.96. The molecule has 5 nitrogen and oxygen atoms in total. The highest BCUT2D eigenvalue weighted by molar-refractivity contribution is 6.05. The van der Waals surface area contributed by atoms with Crippen molar-refractivity contribution in [3.63, 3.8) is 0 Å². The fraction of sp³-hybridized carbons (Fsp3) is 0.310. The van der Waals surface area contributed by atoms with Crippen LogP contribution in [0, 0.1) is 5.82 Å². The average molecular weight is 472 g/mol. The van der Waals surface area contributed by atoms with Gasteiger partial charge in [-0.2, -0.15) is 0 Å². The molecule has 0 spiro atoms. The van der Waals surface area contributed by atoms with Crippen molar-refractivity contribution in [3.8, 4) is 11.1 Å². The second kappa shape index (κ2) is 10.0. The Hall–Kier alpha value is -3.51. The molecule has 6 heteroatoms. The van der Waals surface area contributed by atoms with Gasteiger partial charge < -0.3 is 10.2 Å². The van der Waals surface area contributed by atoms with Gasteiger partial charge in [-0.25, -0.2) is 4.39 Å². The molecule has 0 aliphatic carbocycles. The van der Waals surface area contributed by atoms with Crippen LogP contribution in [0.25, 0.3) is 11.1 Å². The van der Waals surface area contributed by atoms with Crippen LogP contribution in [0.3, 0.4) is 0 Å². The van der Waals surface area contributed by atoms with Gasteiger partial charge >= 0.3 is 0 Å². The summed E-state index contributed by atoms with van der Waals surface area (Å²) in [4.78, 5) is 29.4. The summed E-state index contributed by atoms with van der Waals surface area (Å²) in [6.07, 6.45) is 4.81. The third-order valence-electron chi connectivity index (χ3n) is 7.03. The summed E-state index contributed by atoms with van der Waals surface area (Å²) in [6, 6.07) is 18.0. The number of fused-ring (bicyclic) bond motifs is 1. The number of nitrogens with one attached hydrogen (secondary N) is 1. The first-order valence-corrected chi connectivity index (χ1v) is 12.3. The van der Waals surface area contributed by atoms with Crippen LogP contribution in [-0.2, 0) is 17.8 Å². The Morgan fingerprint density at radius 1 is 0.971 bits per heavy atom. The number of benzene rings is 3. The van der Waals surface area contributed by atoms with Crippen molar-refractivity contribution < 1.29 is 14.0 Å². The Morgan fingerprint density at radius 2 is 1.80 bits per heavy atom. The molecule has 1 saturated heterocycles. The summed E-state index contributed by atoms with van der Waals surface area (Å²) in [7, 11) is 1.77. The van der Waals surface area contributed by atoms with E-state index in [9.17, 15) is 14.0 Å². The minimum atomic E-state index is -0.274. The molecule has 1 N–H and O–H groups in total. The maximum atomic E-state index is 14.0. The first kappa shape index (κ1) is 23.2. The predicted molar refractivity (Wildman–Crippen MR) is 137 cm³/mol. The van der Waals surface area contributed by atoms with Crippen LogP contribution in [-0.4, -0.2) is 36.9 Å². The standard InChI is InChI=1S/C29H30FN3O2/c1-32-27-18-25(11-8-20(27)10-13-28(32)34)31-29(35)22-9-12-26(21-6-5-7-24(30)17-21)23(16-22)19-33-14-3-2-4-15-33/h5-9,11-12,16-18H,2-4,10,13-15,19H2,1H3,(H,31,35). The van der Waals surface area contributed by atoms with Crippen molar-refractivity contribution >= 4 is 23.2 Å². The quantitative estimate of drug-likeness (QED) is 0.524. The van der Waals surface area contributed by atoms with E-state index >= 15 is 0 Å².